The van der Waals surface area contributed by atoms with E-state index in [0.29, 0.717) is 0 Å². The van der Waals surface area contributed by atoms with Crippen LogP contribution in [-0.2, 0) is 0 Å². The van der Waals surface area contributed by atoms with Crippen molar-refractivity contribution < 1.29 is 0 Å². The van der Waals surface area contributed by atoms with Crippen molar-refractivity contribution in [2.75, 3.05) is 23.7 Å². The van der Waals surface area contributed by atoms with E-state index in [0.717, 1.165) is 11.6 Å². The van der Waals surface area contributed by atoms with Gasteiger partial charge in [-0.1, -0.05) is 13.3 Å². The van der Waals surface area contributed by atoms with Gasteiger partial charge in [0.05, 0.1) is 0 Å². The molecular formula is C13H20N2. The molecule has 1 fully saturated rings. The molecule has 15 heavy (non-hydrogen) atoms. The number of hydrogen-bond donors (Lipinski definition) is 1. The molecule has 0 bridgehead atoms. The number of benzene rings is 1. The molecule has 2 nitrogen and oxygen atoms in total. The molecule has 82 valence electrons. The third-order valence-electron chi connectivity index (χ3n) is 3.45. The Kier molecular flexibility index (Phi) is 3.14. The minimum atomic E-state index is 0.849. The number of hydrogen-bond acceptors (Lipinski definition) is 2. The van der Waals surface area contributed by atoms with E-state index in [1.54, 1.807) is 0 Å². The predicted molar refractivity (Wildman–Crippen MR) is 66.1 cm³/mol. The standard InChI is InChI=1S/C13H20N2/c1-2-11-7-9-15(10-8-11)13-5-3-12(14)4-6-13/h3-6,11H,2,7-10,14H2,1H3. The van der Waals surface area contributed by atoms with Gasteiger partial charge in [-0.15, -0.1) is 0 Å². The Hall–Kier alpha value is -1.18. The number of nitrogen functional groups attached to an aromatic ring is 1. The van der Waals surface area contributed by atoms with Gasteiger partial charge in [-0.05, 0) is 43.0 Å². The molecule has 0 saturated carbocycles. The van der Waals surface area contributed by atoms with E-state index >= 15 is 0 Å². The van der Waals surface area contributed by atoms with Gasteiger partial charge in [-0.25, -0.2) is 0 Å². The molecule has 0 spiro atoms. The summed E-state index contributed by atoms with van der Waals surface area (Å²) in [7, 11) is 0. The summed E-state index contributed by atoms with van der Waals surface area (Å²) in [5.41, 5.74) is 7.85. The smallest absolute Gasteiger partial charge is 0.0367 e. The minimum absolute atomic E-state index is 0.849. The molecule has 0 aromatic heterocycles. The van der Waals surface area contributed by atoms with Crippen LogP contribution >= 0.6 is 0 Å². The third-order valence-corrected chi connectivity index (χ3v) is 3.45. The van der Waals surface area contributed by atoms with Crippen molar-refractivity contribution in [2.24, 2.45) is 5.92 Å². The summed E-state index contributed by atoms with van der Waals surface area (Å²) < 4.78 is 0. The predicted octanol–water partition coefficient (Wildman–Crippen LogP) is 2.90. The fourth-order valence-electron chi connectivity index (χ4n) is 2.28. The largest absolute Gasteiger partial charge is 0.399 e. The lowest BCUT2D eigenvalue weighted by atomic mass is 9.94. The first-order valence-corrected chi connectivity index (χ1v) is 5.90. The van der Waals surface area contributed by atoms with Crippen LogP contribution in [0.15, 0.2) is 24.3 Å². The molecule has 2 N–H and O–H groups in total. The SMILES string of the molecule is CCC1CCN(c2ccc(N)cc2)CC1. The Bertz CT molecular complexity index is 297. The zero-order valence-corrected chi connectivity index (χ0v) is 9.45. The normalized spacial score (nSPS) is 18.1. The van der Waals surface area contributed by atoms with E-state index in [1.165, 1.54) is 38.0 Å². The van der Waals surface area contributed by atoms with Gasteiger partial charge >= 0.3 is 0 Å². The van der Waals surface area contributed by atoms with Crippen LogP contribution in [0.4, 0.5) is 11.4 Å². The van der Waals surface area contributed by atoms with Crippen molar-refractivity contribution in [2.45, 2.75) is 26.2 Å². The molecule has 2 rings (SSSR count). The first kappa shape index (κ1) is 10.3. The summed E-state index contributed by atoms with van der Waals surface area (Å²) in [6.45, 7) is 4.69. The highest BCUT2D eigenvalue weighted by molar-refractivity contribution is 5.53. The van der Waals surface area contributed by atoms with Crippen LogP contribution in [0.5, 0.6) is 0 Å². The van der Waals surface area contributed by atoms with Crippen molar-refractivity contribution >= 4 is 11.4 Å². The van der Waals surface area contributed by atoms with E-state index in [-0.39, 0.29) is 0 Å². The van der Waals surface area contributed by atoms with Crippen molar-refractivity contribution in [3.05, 3.63) is 24.3 Å². The van der Waals surface area contributed by atoms with Gasteiger partial charge in [0.1, 0.15) is 0 Å². The minimum Gasteiger partial charge on any atom is -0.399 e. The van der Waals surface area contributed by atoms with Crippen molar-refractivity contribution in [1.29, 1.82) is 0 Å². The molecule has 0 amide bonds. The Morgan fingerprint density at radius 2 is 1.80 bits per heavy atom. The Morgan fingerprint density at radius 3 is 2.33 bits per heavy atom. The van der Waals surface area contributed by atoms with E-state index < -0.39 is 0 Å². The highest BCUT2D eigenvalue weighted by Gasteiger charge is 2.17. The van der Waals surface area contributed by atoms with Gasteiger partial charge in [0.25, 0.3) is 0 Å². The van der Waals surface area contributed by atoms with Gasteiger partial charge in [-0.2, -0.15) is 0 Å². The molecule has 2 heteroatoms. The monoisotopic (exact) mass is 204 g/mol. The average molecular weight is 204 g/mol. The number of piperidine rings is 1. The lowest BCUT2D eigenvalue weighted by Crippen LogP contribution is -2.33. The van der Waals surface area contributed by atoms with Crippen LogP contribution < -0.4 is 10.6 Å². The topological polar surface area (TPSA) is 29.3 Å². The van der Waals surface area contributed by atoms with Crippen LogP contribution in [0.1, 0.15) is 26.2 Å². The summed E-state index contributed by atoms with van der Waals surface area (Å²) in [4.78, 5) is 2.46. The molecule has 1 aromatic rings. The molecule has 1 saturated heterocycles. The van der Waals surface area contributed by atoms with Gasteiger partial charge in [0.15, 0.2) is 0 Å². The van der Waals surface area contributed by atoms with Gasteiger partial charge in [0.2, 0.25) is 0 Å². The second kappa shape index (κ2) is 4.56. The molecule has 1 aromatic carbocycles. The maximum absolute atomic E-state index is 5.68. The maximum atomic E-state index is 5.68. The van der Waals surface area contributed by atoms with Crippen molar-refractivity contribution in [1.82, 2.24) is 0 Å². The van der Waals surface area contributed by atoms with Gasteiger partial charge in [0, 0.05) is 24.5 Å². The van der Waals surface area contributed by atoms with Crippen LogP contribution in [0.3, 0.4) is 0 Å². The van der Waals surface area contributed by atoms with E-state index in [1.807, 2.05) is 12.1 Å². The van der Waals surface area contributed by atoms with E-state index in [2.05, 4.69) is 24.0 Å². The summed E-state index contributed by atoms with van der Waals surface area (Å²) in [6, 6.07) is 8.23. The number of anilines is 2. The van der Waals surface area contributed by atoms with Gasteiger partial charge < -0.3 is 10.6 Å². The van der Waals surface area contributed by atoms with E-state index in [9.17, 15) is 0 Å². The second-order valence-electron chi connectivity index (χ2n) is 4.43. The fraction of sp³-hybridized carbons (Fsp3) is 0.538. The summed E-state index contributed by atoms with van der Waals surface area (Å²) in [5.74, 6) is 0.940. The Balaban J connectivity index is 1.98. The third kappa shape index (κ3) is 2.44. The summed E-state index contributed by atoms with van der Waals surface area (Å²) in [5, 5.41) is 0. The van der Waals surface area contributed by atoms with Crippen molar-refractivity contribution in [3.8, 4) is 0 Å². The van der Waals surface area contributed by atoms with Gasteiger partial charge in [-0.3, -0.25) is 0 Å². The maximum Gasteiger partial charge on any atom is 0.0367 e. The Labute approximate surface area is 92.1 Å². The number of rotatable bonds is 2. The first-order chi connectivity index (χ1) is 7.29. The first-order valence-electron chi connectivity index (χ1n) is 5.90. The molecule has 1 aliphatic heterocycles. The molecule has 0 unspecified atom stereocenters. The number of nitrogens with zero attached hydrogens (tertiary/aromatic N) is 1. The molecular weight excluding hydrogens is 184 g/mol. The molecule has 0 radical (unpaired) electrons. The second-order valence-corrected chi connectivity index (χ2v) is 4.43. The molecule has 0 aliphatic carbocycles. The molecule has 1 aliphatic rings. The van der Waals surface area contributed by atoms with E-state index in [4.69, 9.17) is 5.73 Å². The summed E-state index contributed by atoms with van der Waals surface area (Å²) >= 11 is 0. The zero-order valence-electron chi connectivity index (χ0n) is 9.45. The van der Waals surface area contributed by atoms with Crippen LogP contribution in [0.25, 0.3) is 0 Å². The quantitative estimate of drug-likeness (QED) is 0.750. The molecule has 0 atom stereocenters. The lowest BCUT2D eigenvalue weighted by Gasteiger charge is -2.33. The summed E-state index contributed by atoms with van der Waals surface area (Å²) in [6.07, 6.45) is 4.00. The lowest BCUT2D eigenvalue weighted by molar-refractivity contribution is 0.395. The van der Waals surface area contributed by atoms with Crippen molar-refractivity contribution in [3.63, 3.8) is 0 Å². The van der Waals surface area contributed by atoms with Crippen LogP contribution in [0, 0.1) is 5.92 Å². The fourth-order valence-corrected chi connectivity index (χ4v) is 2.28. The average Bonchev–Trinajstić information content (AvgIpc) is 2.30. The molecule has 1 heterocycles. The van der Waals surface area contributed by atoms with Crippen LogP contribution in [0.2, 0.25) is 0 Å². The highest BCUT2D eigenvalue weighted by atomic mass is 15.1. The Morgan fingerprint density at radius 1 is 1.20 bits per heavy atom. The zero-order chi connectivity index (χ0) is 10.7. The number of nitrogens with two attached hydrogens (primary N) is 1. The highest BCUT2D eigenvalue weighted by Crippen LogP contribution is 2.25. The van der Waals surface area contributed by atoms with Crippen LogP contribution in [-0.4, -0.2) is 13.1 Å².